The van der Waals surface area contributed by atoms with Gasteiger partial charge in [0.25, 0.3) is 5.91 Å². The molecule has 1 aliphatic rings. The van der Waals surface area contributed by atoms with E-state index in [-0.39, 0.29) is 10.6 Å². The number of benzene rings is 2. The average Bonchev–Trinajstić information content (AvgIpc) is 2.90. The van der Waals surface area contributed by atoms with Gasteiger partial charge in [0.05, 0.1) is 4.90 Å². The number of primary sulfonamides is 1. The van der Waals surface area contributed by atoms with Crippen molar-refractivity contribution < 1.29 is 22.8 Å². The van der Waals surface area contributed by atoms with Crippen LogP contribution < -0.4 is 15.8 Å². The fourth-order valence-electron chi connectivity index (χ4n) is 2.50. The Morgan fingerprint density at radius 2 is 1.71 bits per heavy atom. The minimum absolute atomic E-state index is 0.0708. The maximum atomic E-state index is 12.4. The van der Waals surface area contributed by atoms with Gasteiger partial charge in [-0.3, -0.25) is 9.59 Å². The van der Waals surface area contributed by atoms with Crippen LogP contribution in [0.3, 0.4) is 0 Å². The van der Waals surface area contributed by atoms with Gasteiger partial charge in [-0.15, -0.1) is 0 Å². The molecule has 0 unspecified atom stereocenters. The van der Waals surface area contributed by atoms with Crippen LogP contribution in [0, 0.1) is 0 Å². The Labute approximate surface area is 160 Å². The lowest BCUT2D eigenvalue weighted by atomic mass is 10.2. The molecule has 4 N–H and O–H groups in total. The molecule has 1 saturated heterocycles. The van der Waals surface area contributed by atoms with E-state index in [4.69, 9.17) is 5.14 Å². The summed E-state index contributed by atoms with van der Waals surface area (Å²) >= 11 is 0. The molecule has 1 aliphatic heterocycles. The van der Waals surface area contributed by atoms with Gasteiger partial charge in [-0.1, -0.05) is 30.3 Å². The maximum absolute atomic E-state index is 12.4. The summed E-state index contributed by atoms with van der Waals surface area (Å²) in [6.45, 7) is -0.492. The van der Waals surface area contributed by atoms with Crippen LogP contribution in [0.4, 0.5) is 10.5 Å². The van der Waals surface area contributed by atoms with E-state index < -0.39 is 34.4 Å². The van der Waals surface area contributed by atoms with Crippen molar-refractivity contribution in [2.45, 2.75) is 4.90 Å². The van der Waals surface area contributed by atoms with Crippen LogP contribution in [0.25, 0.3) is 6.08 Å². The summed E-state index contributed by atoms with van der Waals surface area (Å²) in [6.07, 6.45) is 1.52. The zero-order chi connectivity index (χ0) is 20.3. The summed E-state index contributed by atoms with van der Waals surface area (Å²) in [7, 11) is -3.84. The first-order valence-electron chi connectivity index (χ1n) is 8.06. The van der Waals surface area contributed by atoms with Crippen LogP contribution >= 0.6 is 0 Å². The van der Waals surface area contributed by atoms with Crippen LogP contribution in [0.15, 0.2) is 65.2 Å². The molecule has 0 atom stereocenters. The van der Waals surface area contributed by atoms with Gasteiger partial charge in [0, 0.05) is 5.69 Å². The summed E-state index contributed by atoms with van der Waals surface area (Å²) in [5.41, 5.74) is 1.10. The summed E-state index contributed by atoms with van der Waals surface area (Å²) in [5.74, 6) is -1.23. The fourth-order valence-corrected chi connectivity index (χ4v) is 3.02. The minimum Gasteiger partial charge on any atom is -0.325 e. The van der Waals surface area contributed by atoms with Crippen LogP contribution in [-0.4, -0.2) is 37.7 Å². The number of nitrogens with two attached hydrogens (primary N) is 1. The number of sulfonamides is 1. The molecule has 4 amide bonds. The van der Waals surface area contributed by atoms with Crippen molar-refractivity contribution in [1.82, 2.24) is 10.2 Å². The second-order valence-corrected chi connectivity index (χ2v) is 7.47. The first kappa shape index (κ1) is 19.3. The molecule has 2 aromatic rings. The maximum Gasteiger partial charge on any atom is 0.329 e. The highest BCUT2D eigenvalue weighted by molar-refractivity contribution is 7.89. The van der Waals surface area contributed by atoms with E-state index in [1.807, 2.05) is 6.07 Å². The average molecular weight is 400 g/mol. The van der Waals surface area contributed by atoms with E-state index in [9.17, 15) is 22.8 Å². The lowest BCUT2D eigenvalue weighted by Crippen LogP contribution is -2.38. The van der Waals surface area contributed by atoms with Gasteiger partial charge in [0.15, 0.2) is 0 Å². The quantitative estimate of drug-likeness (QED) is 0.505. The van der Waals surface area contributed by atoms with Crippen molar-refractivity contribution in [2.24, 2.45) is 5.14 Å². The molecule has 0 aliphatic carbocycles. The highest BCUT2D eigenvalue weighted by Gasteiger charge is 2.34. The molecule has 0 spiro atoms. The largest absolute Gasteiger partial charge is 0.329 e. The van der Waals surface area contributed by atoms with Gasteiger partial charge < -0.3 is 10.6 Å². The van der Waals surface area contributed by atoms with Gasteiger partial charge in [-0.25, -0.2) is 23.3 Å². The molecule has 0 bridgehead atoms. The van der Waals surface area contributed by atoms with Gasteiger partial charge in [0.2, 0.25) is 15.9 Å². The first-order chi connectivity index (χ1) is 13.2. The normalized spacial score (nSPS) is 15.6. The Balaban J connectivity index is 1.66. The van der Waals surface area contributed by atoms with Gasteiger partial charge >= 0.3 is 6.03 Å². The molecular formula is C18H16N4O5S. The third kappa shape index (κ3) is 4.42. The van der Waals surface area contributed by atoms with Gasteiger partial charge in [0.1, 0.15) is 12.2 Å². The second kappa shape index (κ2) is 7.62. The number of carbonyl (C=O) groups excluding carboxylic acids is 3. The number of nitrogens with one attached hydrogen (secondary N) is 2. The van der Waals surface area contributed by atoms with E-state index in [0.717, 1.165) is 10.5 Å². The van der Waals surface area contributed by atoms with Crippen molar-refractivity contribution in [3.63, 3.8) is 0 Å². The molecule has 1 fully saturated rings. The van der Waals surface area contributed by atoms with Crippen molar-refractivity contribution in [1.29, 1.82) is 0 Å². The Morgan fingerprint density at radius 1 is 1.07 bits per heavy atom. The fraction of sp³-hybridized carbons (Fsp3) is 0.0556. The van der Waals surface area contributed by atoms with Crippen molar-refractivity contribution in [2.75, 3.05) is 11.9 Å². The van der Waals surface area contributed by atoms with E-state index in [2.05, 4.69) is 10.6 Å². The number of amides is 4. The molecule has 144 valence electrons. The minimum atomic E-state index is -3.84. The number of nitrogens with zero attached hydrogens (tertiary/aromatic N) is 1. The summed E-state index contributed by atoms with van der Waals surface area (Å²) in [5, 5.41) is 9.93. The molecule has 0 radical (unpaired) electrons. The topological polar surface area (TPSA) is 139 Å². The molecule has 3 rings (SSSR count). The van der Waals surface area contributed by atoms with Crippen molar-refractivity contribution >= 4 is 39.6 Å². The molecule has 0 saturated carbocycles. The van der Waals surface area contributed by atoms with Crippen LogP contribution in [-0.2, 0) is 19.6 Å². The second-order valence-electron chi connectivity index (χ2n) is 5.91. The van der Waals surface area contributed by atoms with E-state index in [0.29, 0.717) is 5.69 Å². The number of hydrogen-bond acceptors (Lipinski definition) is 5. The van der Waals surface area contributed by atoms with E-state index in [1.54, 1.807) is 24.3 Å². The Hall–Kier alpha value is -3.50. The lowest BCUT2D eigenvalue weighted by Gasteiger charge is -2.12. The predicted octanol–water partition coefficient (Wildman–Crippen LogP) is 0.865. The highest BCUT2D eigenvalue weighted by atomic mass is 32.2. The third-order valence-corrected chi connectivity index (χ3v) is 4.77. The van der Waals surface area contributed by atoms with E-state index in [1.165, 1.54) is 30.3 Å². The molecule has 9 nitrogen and oxygen atoms in total. The summed E-state index contributed by atoms with van der Waals surface area (Å²) in [4.78, 5) is 37.2. The van der Waals surface area contributed by atoms with Gasteiger partial charge in [-0.2, -0.15) is 0 Å². The molecule has 10 heteroatoms. The molecular weight excluding hydrogens is 384 g/mol. The molecule has 2 aromatic carbocycles. The summed E-state index contributed by atoms with van der Waals surface area (Å²) < 4.78 is 22.5. The van der Waals surface area contributed by atoms with Crippen molar-refractivity contribution in [3.8, 4) is 0 Å². The molecule has 0 aromatic heterocycles. The van der Waals surface area contributed by atoms with Crippen LogP contribution in [0.5, 0.6) is 0 Å². The Kier molecular flexibility index (Phi) is 5.25. The number of imide groups is 1. The first-order valence-corrected chi connectivity index (χ1v) is 9.61. The van der Waals surface area contributed by atoms with Crippen molar-refractivity contribution in [3.05, 3.63) is 65.9 Å². The number of urea groups is 1. The number of hydrogen-bond donors (Lipinski definition) is 3. The number of rotatable bonds is 5. The van der Waals surface area contributed by atoms with Crippen LogP contribution in [0.2, 0.25) is 0 Å². The third-order valence-electron chi connectivity index (χ3n) is 3.84. The Bertz CT molecular complexity index is 1060. The SMILES string of the molecule is NS(=O)(=O)c1ccc(NC(=O)CN2C(=O)N/C(=C\c3ccccc3)C2=O)cc1. The monoisotopic (exact) mass is 400 g/mol. The van der Waals surface area contributed by atoms with Gasteiger partial charge in [-0.05, 0) is 35.9 Å². The molecule has 28 heavy (non-hydrogen) atoms. The zero-order valence-corrected chi connectivity index (χ0v) is 15.3. The molecule has 1 heterocycles. The lowest BCUT2D eigenvalue weighted by molar-refractivity contribution is -0.127. The van der Waals surface area contributed by atoms with E-state index >= 15 is 0 Å². The summed E-state index contributed by atoms with van der Waals surface area (Å²) in [6, 6.07) is 13.4. The smallest absolute Gasteiger partial charge is 0.325 e. The Morgan fingerprint density at radius 3 is 2.32 bits per heavy atom. The highest BCUT2D eigenvalue weighted by Crippen LogP contribution is 2.15. The van der Waals surface area contributed by atoms with Crippen LogP contribution in [0.1, 0.15) is 5.56 Å². The standard InChI is InChI=1S/C18H16N4O5S/c19-28(26,27)14-8-6-13(7-9-14)20-16(23)11-22-17(24)15(21-18(22)25)10-12-4-2-1-3-5-12/h1-10H,11H2,(H,20,23)(H,21,25)(H2,19,26,27)/b15-10-. The zero-order valence-electron chi connectivity index (χ0n) is 14.5. The predicted molar refractivity (Wildman–Crippen MR) is 101 cm³/mol. The number of anilines is 1. The number of carbonyl (C=O) groups is 3.